The molecule has 0 atom stereocenters. The fourth-order valence-electron chi connectivity index (χ4n) is 6.50. The van der Waals surface area contributed by atoms with Gasteiger partial charge in [0.1, 0.15) is 0 Å². The molecule has 228 valence electrons. The molecule has 0 spiro atoms. The SMILES string of the molecule is CC(C)(C)c1ccc2c(c1)[cH-]c1cc(C(C)(C)C)ccc12.[C-]1=CC=CC1.[Cl-].[Cl-].[Zr+2]=[C](CC1CCCC1)CC1CCCC1. The topological polar surface area (TPSA) is 0 Å². The Bertz CT molecular complexity index is 1220. The summed E-state index contributed by atoms with van der Waals surface area (Å²) in [5, 5.41) is 5.48. The molecule has 3 heteroatoms. The Balaban J connectivity index is 0.000000253. The number of hydrogen-bond acceptors (Lipinski definition) is 0. The average Bonchev–Trinajstić information content (AvgIpc) is 3.71. The fraction of sp³-hybridized carbons (Fsp3) is 0.538. The zero-order chi connectivity index (χ0) is 28.8. The molecule has 0 unspecified atom stereocenters. The van der Waals surface area contributed by atoms with Crippen LogP contribution in [0.3, 0.4) is 0 Å². The zero-order valence-corrected chi connectivity index (χ0v) is 30.9. The standard InChI is InChI=1S/C21H25.C13H22.C5H5.2ClH.Zr/c1-20(2,3)16-7-9-18-14(12-16)11-15-13-17(21(4,5)6)8-10-19(15)18;1-2-7-12(6-1)10-5-11-13-8-3-4-9-13;1-2-4-5-3-1;;;/h7-13H,1-6H3;12-13H,1-4,6-11H2;1-3H,4H2;2*1H;/q-1;;-1;;;+2/p-2. The summed E-state index contributed by atoms with van der Waals surface area (Å²) in [5.41, 5.74) is 3.21. The number of fused-ring (bicyclic) bond motifs is 3. The number of allylic oxidation sites excluding steroid dienone is 4. The second-order valence-electron chi connectivity index (χ2n) is 14.6. The summed E-state index contributed by atoms with van der Waals surface area (Å²) in [6.45, 7) is 13.6. The van der Waals surface area contributed by atoms with Crippen LogP contribution < -0.4 is 24.8 Å². The molecule has 0 radical (unpaired) electrons. The van der Waals surface area contributed by atoms with Gasteiger partial charge in [0.25, 0.3) is 0 Å². The van der Waals surface area contributed by atoms with Crippen molar-refractivity contribution >= 4 is 24.8 Å². The van der Waals surface area contributed by atoms with E-state index in [0.717, 1.165) is 18.3 Å². The first-order valence-electron chi connectivity index (χ1n) is 15.9. The second-order valence-corrected chi connectivity index (χ2v) is 16.3. The summed E-state index contributed by atoms with van der Waals surface area (Å²) in [7, 11) is 0. The average molecular weight is 683 g/mol. The summed E-state index contributed by atoms with van der Waals surface area (Å²) in [6, 6.07) is 16.2. The molecular weight excluding hydrogens is 631 g/mol. The van der Waals surface area contributed by atoms with E-state index in [-0.39, 0.29) is 35.6 Å². The van der Waals surface area contributed by atoms with Crippen LogP contribution in [0.4, 0.5) is 0 Å². The summed E-state index contributed by atoms with van der Waals surface area (Å²) in [4.78, 5) is 0. The molecule has 0 aromatic heterocycles. The Kier molecular flexibility index (Phi) is 15.1. The quantitative estimate of drug-likeness (QED) is 0.320. The van der Waals surface area contributed by atoms with E-state index in [1.807, 2.05) is 15.4 Å². The van der Waals surface area contributed by atoms with Crippen LogP contribution in [0.2, 0.25) is 0 Å². The van der Waals surface area contributed by atoms with Crippen LogP contribution in [-0.4, -0.2) is 3.21 Å². The number of halogens is 2. The van der Waals surface area contributed by atoms with Gasteiger partial charge in [0.2, 0.25) is 0 Å². The molecule has 3 aliphatic carbocycles. The van der Waals surface area contributed by atoms with E-state index in [2.05, 4.69) is 96.2 Å². The van der Waals surface area contributed by atoms with Crippen LogP contribution in [0, 0.1) is 17.9 Å². The molecule has 0 amide bonds. The maximum absolute atomic E-state index is 2.99. The van der Waals surface area contributed by atoms with Gasteiger partial charge in [-0.3, -0.25) is 6.08 Å². The van der Waals surface area contributed by atoms with Crippen molar-refractivity contribution in [2.45, 2.75) is 123 Å². The first-order chi connectivity index (χ1) is 19.0. The Morgan fingerprint density at radius 3 is 1.48 bits per heavy atom. The molecule has 0 aliphatic heterocycles. The normalized spacial score (nSPS) is 17.0. The third kappa shape index (κ3) is 10.9. The number of benzene rings is 2. The van der Waals surface area contributed by atoms with Crippen molar-refractivity contribution in [3.8, 4) is 0 Å². The second kappa shape index (κ2) is 17.0. The van der Waals surface area contributed by atoms with Crippen molar-refractivity contribution in [2.75, 3.05) is 0 Å². The fourth-order valence-corrected chi connectivity index (χ4v) is 7.92. The van der Waals surface area contributed by atoms with E-state index in [4.69, 9.17) is 0 Å². The molecule has 2 saturated carbocycles. The molecule has 0 saturated heterocycles. The van der Waals surface area contributed by atoms with Crippen LogP contribution in [-0.2, 0) is 35.1 Å². The van der Waals surface area contributed by atoms with E-state index in [0.29, 0.717) is 0 Å². The molecule has 2 fully saturated rings. The van der Waals surface area contributed by atoms with Crippen molar-refractivity contribution < 1.29 is 49.0 Å². The van der Waals surface area contributed by atoms with E-state index in [1.54, 1.807) is 24.2 Å². The molecule has 0 N–H and O–H groups in total. The van der Waals surface area contributed by atoms with Crippen LogP contribution >= 0.6 is 0 Å². The van der Waals surface area contributed by atoms with E-state index >= 15 is 0 Å². The predicted octanol–water partition coefficient (Wildman–Crippen LogP) is 5.49. The van der Waals surface area contributed by atoms with Crippen molar-refractivity contribution in [3.63, 3.8) is 0 Å². The Labute approximate surface area is 284 Å². The van der Waals surface area contributed by atoms with Gasteiger partial charge in [0, 0.05) is 0 Å². The van der Waals surface area contributed by atoms with Gasteiger partial charge in [-0.25, -0.2) is 12.2 Å². The van der Waals surface area contributed by atoms with Gasteiger partial charge in [0.05, 0.1) is 0 Å². The minimum absolute atomic E-state index is 0. The summed E-state index contributed by atoms with van der Waals surface area (Å²) < 4.78 is 1.90. The van der Waals surface area contributed by atoms with Gasteiger partial charge in [-0.2, -0.15) is 6.08 Å². The van der Waals surface area contributed by atoms with Crippen molar-refractivity contribution in [1.82, 2.24) is 0 Å². The molecule has 3 aromatic carbocycles. The van der Waals surface area contributed by atoms with Gasteiger partial charge in [-0.15, -0.1) is 46.2 Å². The van der Waals surface area contributed by atoms with Crippen LogP contribution in [0.25, 0.3) is 21.5 Å². The van der Waals surface area contributed by atoms with E-state index in [1.165, 1.54) is 96.9 Å². The zero-order valence-electron chi connectivity index (χ0n) is 27.0. The van der Waals surface area contributed by atoms with Gasteiger partial charge in [-0.05, 0) is 10.8 Å². The van der Waals surface area contributed by atoms with E-state index < -0.39 is 0 Å². The number of hydrogen-bond donors (Lipinski definition) is 0. The molecule has 42 heavy (non-hydrogen) atoms. The molecule has 3 aliphatic rings. The summed E-state index contributed by atoms with van der Waals surface area (Å²) in [5.74, 6) is 2.18. The molecule has 0 bridgehead atoms. The van der Waals surface area contributed by atoms with Gasteiger partial charge in [-0.1, -0.05) is 76.9 Å². The number of rotatable bonds is 4. The maximum atomic E-state index is 2.99. The Morgan fingerprint density at radius 1 is 0.738 bits per heavy atom. The Morgan fingerprint density at radius 2 is 1.17 bits per heavy atom. The van der Waals surface area contributed by atoms with Crippen LogP contribution in [0.5, 0.6) is 0 Å². The van der Waals surface area contributed by atoms with Crippen molar-refractivity contribution in [1.29, 1.82) is 0 Å². The van der Waals surface area contributed by atoms with E-state index in [9.17, 15) is 0 Å². The molecule has 3 aromatic rings. The van der Waals surface area contributed by atoms with Crippen LogP contribution in [0.1, 0.15) is 123 Å². The van der Waals surface area contributed by atoms with Crippen molar-refractivity contribution in [2.24, 2.45) is 11.8 Å². The van der Waals surface area contributed by atoms with Crippen molar-refractivity contribution in [3.05, 3.63) is 77.9 Å². The first-order valence-corrected chi connectivity index (χ1v) is 17.2. The molecule has 0 heterocycles. The van der Waals surface area contributed by atoms with Gasteiger partial charge < -0.3 is 24.8 Å². The van der Waals surface area contributed by atoms with Gasteiger partial charge in [0.15, 0.2) is 0 Å². The third-order valence-electron chi connectivity index (χ3n) is 9.04. The summed E-state index contributed by atoms with van der Waals surface area (Å²) >= 11 is 1.74. The predicted molar refractivity (Wildman–Crippen MR) is 174 cm³/mol. The van der Waals surface area contributed by atoms with Crippen LogP contribution in [0.15, 0.2) is 60.7 Å². The molecular formula is C39H52Cl2Zr-2. The van der Waals surface area contributed by atoms with Gasteiger partial charge >= 0.3 is 103 Å². The molecule has 0 nitrogen and oxygen atoms in total. The summed E-state index contributed by atoms with van der Waals surface area (Å²) in [6.07, 6.45) is 25.2. The third-order valence-corrected chi connectivity index (χ3v) is 10.0. The first kappa shape index (κ1) is 37.3. The molecule has 6 rings (SSSR count). The monoisotopic (exact) mass is 680 g/mol. The Hall–Kier alpha value is -0.877. The minimum atomic E-state index is 0.